The predicted octanol–water partition coefficient (Wildman–Crippen LogP) is 3.73. The molecule has 6 heteroatoms. The Bertz CT molecular complexity index is 689. The van der Waals surface area contributed by atoms with Crippen molar-refractivity contribution in [2.75, 3.05) is 0 Å². The maximum atomic E-state index is 12.9. The van der Waals surface area contributed by atoms with E-state index in [-0.39, 0.29) is 18.1 Å². The van der Waals surface area contributed by atoms with Crippen molar-refractivity contribution < 1.29 is 19.5 Å². The Labute approximate surface area is 172 Å². The molecular weight excluding hydrogens is 368 g/mol. The van der Waals surface area contributed by atoms with E-state index in [1.165, 1.54) is 25.3 Å². The first-order valence-corrected chi connectivity index (χ1v) is 10.8. The zero-order chi connectivity index (χ0) is 20.5. The van der Waals surface area contributed by atoms with Crippen LogP contribution in [0.1, 0.15) is 68.9 Å². The van der Waals surface area contributed by atoms with Gasteiger partial charge in [-0.1, -0.05) is 43.5 Å². The lowest BCUT2D eigenvalue weighted by Gasteiger charge is -2.30. The quantitative estimate of drug-likeness (QED) is 0.268. The smallest absolute Gasteiger partial charge is 0.323 e. The van der Waals surface area contributed by atoms with Gasteiger partial charge in [-0.05, 0) is 61.6 Å². The van der Waals surface area contributed by atoms with Crippen molar-refractivity contribution in [1.82, 2.24) is 10.8 Å². The van der Waals surface area contributed by atoms with E-state index in [1.54, 1.807) is 11.6 Å². The number of ether oxygens (including phenoxy) is 1. The Morgan fingerprint density at radius 3 is 2.34 bits per heavy atom. The summed E-state index contributed by atoms with van der Waals surface area (Å²) in [6.45, 7) is 0.599. The summed E-state index contributed by atoms with van der Waals surface area (Å²) in [4.78, 5) is 24.0. The van der Waals surface area contributed by atoms with Crippen LogP contribution in [0.3, 0.4) is 0 Å². The lowest BCUT2D eigenvalue weighted by atomic mass is 9.83. The molecule has 29 heavy (non-hydrogen) atoms. The molecular formula is C23H32N2O4. The molecule has 1 aromatic carbocycles. The Balaban J connectivity index is 1.58. The van der Waals surface area contributed by atoms with Crippen molar-refractivity contribution in [3.8, 4) is 0 Å². The fraction of sp³-hybridized carbons (Fsp3) is 0.565. The minimum atomic E-state index is -0.563. The van der Waals surface area contributed by atoms with Gasteiger partial charge < -0.3 is 10.1 Å². The van der Waals surface area contributed by atoms with Gasteiger partial charge in [-0.25, -0.2) is 5.48 Å². The molecule has 3 N–H and O–H groups in total. The Morgan fingerprint density at radius 2 is 1.69 bits per heavy atom. The van der Waals surface area contributed by atoms with Crippen LogP contribution in [0.15, 0.2) is 30.3 Å². The summed E-state index contributed by atoms with van der Waals surface area (Å²) < 4.78 is 5.83. The number of hydroxylamine groups is 1. The molecule has 0 saturated heterocycles. The highest BCUT2D eigenvalue weighted by Crippen LogP contribution is 2.29. The molecule has 0 unspecified atom stereocenters. The van der Waals surface area contributed by atoms with Crippen LogP contribution < -0.4 is 10.8 Å². The first kappa shape index (κ1) is 21.5. The number of hydrogen-bond donors (Lipinski definition) is 3. The summed E-state index contributed by atoms with van der Waals surface area (Å²) in [7, 11) is 0. The van der Waals surface area contributed by atoms with E-state index in [2.05, 4.69) is 5.32 Å². The number of carbonyl (C=O) groups excluding carboxylic acids is 2. The van der Waals surface area contributed by atoms with Crippen LogP contribution in [0, 0.1) is 5.92 Å². The highest BCUT2D eigenvalue weighted by Gasteiger charge is 2.32. The summed E-state index contributed by atoms with van der Waals surface area (Å²) in [5, 5.41) is 12.0. The molecule has 2 fully saturated rings. The average molecular weight is 401 g/mol. The van der Waals surface area contributed by atoms with Gasteiger partial charge in [-0.15, -0.1) is 0 Å². The molecule has 0 radical (unpaired) electrons. The van der Waals surface area contributed by atoms with Crippen molar-refractivity contribution in [1.29, 1.82) is 0 Å². The van der Waals surface area contributed by atoms with Gasteiger partial charge >= 0.3 is 5.97 Å². The van der Waals surface area contributed by atoms with Crippen molar-refractivity contribution in [3.05, 3.63) is 41.5 Å². The molecule has 2 saturated carbocycles. The third-order valence-electron chi connectivity index (χ3n) is 6.00. The zero-order valence-corrected chi connectivity index (χ0v) is 16.9. The normalized spacial score (nSPS) is 19.3. The standard InChI is InChI=1S/C23H32N2O4/c26-21(25-28)15-14-17-10-12-18(13-11-17)16-24-22(19-6-2-1-3-7-19)23(27)29-20-8-4-5-9-20/h10-15,19-20,22,24,28H,1-9,16H2,(H,25,26)/b15-14+/t22-/m0/s1. The van der Waals surface area contributed by atoms with Crippen LogP contribution in [0.25, 0.3) is 6.08 Å². The second-order valence-corrected chi connectivity index (χ2v) is 8.15. The van der Waals surface area contributed by atoms with Crippen LogP contribution in [0.5, 0.6) is 0 Å². The lowest BCUT2D eigenvalue weighted by Crippen LogP contribution is -2.45. The highest BCUT2D eigenvalue weighted by atomic mass is 16.5. The Morgan fingerprint density at radius 1 is 1.03 bits per heavy atom. The van der Waals surface area contributed by atoms with E-state index in [1.807, 2.05) is 24.3 Å². The number of nitrogens with one attached hydrogen (secondary N) is 2. The molecule has 0 spiro atoms. The highest BCUT2D eigenvalue weighted by molar-refractivity contribution is 5.90. The van der Waals surface area contributed by atoms with Gasteiger partial charge in [0.25, 0.3) is 5.91 Å². The number of hydrogen-bond acceptors (Lipinski definition) is 5. The van der Waals surface area contributed by atoms with E-state index in [9.17, 15) is 9.59 Å². The minimum absolute atomic E-state index is 0.0848. The first-order chi connectivity index (χ1) is 14.2. The monoisotopic (exact) mass is 400 g/mol. The predicted molar refractivity (Wildman–Crippen MR) is 111 cm³/mol. The zero-order valence-electron chi connectivity index (χ0n) is 16.9. The fourth-order valence-corrected chi connectivity index (χ4v) is 4.34. The van der Waals surface area contributed by atoms with E-state index < -0.39 is 5.91 Å². The molecule has 1 aromatic rings. The molecule has 0 aliphatic heterocycles. The number of carbonyl (C=O) groups is 2. The van der Waals surface area contributed by atoms with Crippen LogP contribution in [-0.2, 0) is 20.9 Å². The lowest BCUT2D eigenvalue weighted by molar-refractivity contribution is -0.153. The molecule has 3 rings (SSSR count). The van der Waals surface area contributed by atoms with Gasteiger partial charge in [0, 0.05) is 12.6 Å². The molecule has 1 atom stereocenters. The maximum Gasteiger partial charge on any atom is 0.323 e. The number of rotatable bonds is 8. The molecule has 0 aromatic heterocycles. The van der Waals surface area contributed by atoms with Crippen LogP contribution >= 0.6 is 0 Å². The van der Waals surface area contributed by atoms with Gasteiger partial charge in [-0.2, -0.15) is 0 Å². The third-order valence-corrected chi connectivity index (χ3v) is 6.00. The van der Waals surface area contributed by atoms with Crippen LogP contribution in [-0.4, -0.2) is 29.2 Å². The van der Waals surface area contributed by atoms with Gasteiger partial charge in [0.1, 0.15) is 12.1 Å². The summed E-state index contributed by atoms with van der Waals surface area (Å²) in [6.07, 6.45) is 13.1. The van der Waals surface area contributed by atoms with E-state index in [4.69, 9.17) is 9.94 Å². The van der Waals surface area contributed by atoms with Gasteiger partial charge in [-0.3, -0.25) is 14.8 Å². The largest absolute Gasteiger partial charge is 0.461 e. The molecule has 2 aliphatic rings. The topological polar surface area (TPSA) is 87.7 Å². The van der Waals surface area contributed by atoms with Crippen LogP contribution in [0.4, 0.5) is 0 Å². The molecule has 0 bridgehead atoms. The molecule has 0 heterocycles. The second-order valence-electron chi connectivity index (χ2n) is 8.15. The Kier molecular flexibility index (Phi) is 8.25. The fourth-order valence-electron chi connectivity index (χ4n) is 4.34. The summed E-state index contributed by atoms with van der Waals surface area (Å²) in [5.74, 6) is -0.304. The first-order valence-electron chi connectivity index (χ1n) is 10.8. The minimum Gasteiger partial charge on any atom is -0.461 e. The summed E-state index contributed by atoms with van der Waals surface area (Å²) in [6, 6.07) is 7.52. The third kappa shape index (κ3) is 6.68. The molecule has 6 nitrogen and oxygen atoms in total. The van der Waals surface area contributed by atoms with E-state index in [0.29, 0.717) is 12.5 Å². The molecule has 2 aliphatic carbocycles. The second kappa shape index (κ2) is 11.1. The number of benzene rings is 1. The maximum absolute atomic E-state index is 12.9. The van der Waals surface area contributed by atoms with Crippen molar-refractivity contribution in [3.63, 3.8) is 0 Å². The van der Waals surface area contributed by atoms with Gasteiger partial charge in [0.15, 0.2) is 0 Å². The average Bonchev–Trinajstić information content (AvgIpc) is 3.26. The van der Waals surface area contributed by atoms with Crippen molar-refractivity contribution >= 4 is 18.0 Å². The molecule has 158 valence electrons. The van der Waals surface area contributed by atoms with Crippen molar-refractivity contribution in [2.24, 2.45) is 5.92 Å². The van der Waals surface area contributed by atoms with E-state index >= 15 is 0 Å². The van der Waals surface area contributed by atoms with Gasteiger partial charge in [0.2, 0.25) is 0 Å². The summed E-state index contributed by atoms with van der Waals surface area (Å²) >= 11 is 0. The molecule has 1 amide bonds. The van der Waals surface area contributed by atoms with Crippen LogP contribution in [0.2, 0.25) is 0 Å². The van der Waals surface area contributed by atoms with Crippen molar-refractivity contribution in [2.45, 2.75) is 76.5 Å². The Hall–Kier alpha value is -2.18. The SMILES string of the molecule is O=C(/C=C/c1ccc(CN[C@H](C(=O)OC2CCCC2)C2CCCCC2)cc1)NO. The number of esters is 1. The van der Waals surface area contributed by atoms with Gasteiger partial charge in [0.05, 0.1) is 0 Å². The number of amides is 1. The summed E-state index contributed by atoms with van der Waals surface area (Å²) in [5.41, 5.74) is 3.50. The van der Waals surface area contributed by atoms with E-state index in [0.717, 1.165) is 49.7 Å².